The highest BCUT2D eigenvalue weighted by atomic mass is 35.5. The summed E-state index contributed by atoms with van der Waals surface area (Å²) in [6.45, 7) is 4.93. The highest BCUT2D eigenvalue weighted by Crippen LogP contribution is 2.33. The van der Waals surface area contributed by atoms with Crippen LogP contribution in [-0.2, 0) is 19.5 Å². The van der Waals surface area contributed by atoms with Gasteiger partial charge in [0.25, 0.3) is 0 Å². The number of nitrogens with zero attached hydrogens (tertiary/aromatic N) is 3. The van der Waals surface area contributed by atoms with Crippen LogP contribution in [0, 0.1) is 0 Å². The molecule has 0 radical (unpaired) electrons. The molecule has 1 aromatic heterocycles. The van der Waals surface area contributed by atoms with E-state index in [2.05, 4.69) is 52.9 Å². The van der Waals surface area contributed by atoms with E-state index in [0.29, 0.717) is 0 Å². The first-order valence-corrected chi connectivity index (χ1v) is 8.34. The number of halogens is 1. The van der Waals surface area contributed by atoms with E-state index in [0.717, 1.165) is 43.9 Å². The third kappa shape index (κ3) is 2.71. The van der Waals surface area contributed by atoms with Crippen LogP contribution >= 0.6 is 12.4 Å². The third-order valence-corrected chi connectivity index (χ3v) is 4.76. The first kappa shape index (κ1) is 16.7. The summed E-state index contributed by atoms with van der Waals surface area (Å²) in [6, 6.07) is 14.7. The summed E-state index contributed by atoms with van der Waals surface area (Å²) in [6.07, 6.45) is 2.22. The summed E-state index contributed by atoms with van der Waals surface area (Å²) in [4.78, 5) is 2.42. The Hall–Kier alpha value is -2.20. The van der Waals surface area contributed by atoms with E-state index >= 15 is 0 Å². The maximum atomic E-state index is 6.17. The number of benzene rings is 2. The Balaban J connectivity index is 0.00000169. The molecule has 24 heavy (non-hydrogen) atoms. The van der Waals surface area contributed by atoms with Crippen molar-refractivity contribution in [1.29, 1.82) is 0 Å². The van der Waals surface area contributed by atoms with Crippen LogP contribution in [0.15, 0.2) is 42.5 Å². The van der Waals surface area contributed by atoms with E-state index in [1.807, 2.05) is 6.07 Å². The zero-order valence-electron chi connectivity index (χ0n) is 13.9. The molecule has 2 heterocycles. The first-order chi connectivity index (χ1) is 11.3. The molecule has 2 aromatic carbocycles. The molecule has 4 rings (SSSR count). The lowest BCUT2D eigenvalue weighted by molar-refractivity contribution is 0.644. The molecule has 0 spiro atoms. The van der Waals surface area contributed by atoms with Crippen LogP contribution in [0.3, 0.4) is 0 Å². The van der Waals surface area contributed by atoms with Crippen molar-refractivity contribution in [2.24, 2.45) is 0 Å². The van der Waals surface area contributed by atoms with Crippen molar-refractivity contribution in [2.75, 3.05) is 17.2 Å². The van der Waals surface area contributed by atoms with Crippen LogP contribution < -0.4 is 10.6 Å². The zero-order chi connectivity index (χ0) is 15.8. The largest absolute Gasteiger partial charge is 0.398 e. The summed E-state index contributed by atoms with van der Waals surface area (Å²) in [5.41, 5.74) is 12.0. The van der Waals surface area contributed by atoms with Crippen LogP contribution in [0.25, 0.3) is 10.9 Å². The van der Waals surface area contributed by atoms with Crippen molar-refractivity contribution in [3.05, 3.63) is 53.7 Å². The molecule has 1 aliphatic heterocycles. The lowest BCUT2D eigenvalue weighted by atomic mass is 9.99. The Labute approximate surface area is 148 Å². The highest BCUT2D eigenvalue weighted by molar-refractivity contribution is 5.85. The Morgan fingerprint density at radius 3 is 2.79 bits per heavy atom. The second-order valence-electron chi connectivity index (χ2n) is 6.15. The van der Waals surface area contributed by atoms with Crippen molar-refractivity contribution in [3.63, 3.8) is 0 Å². The number of hydrogen-bond acceptors (Lipinski definition) is 3. The molecule has 0 unspecified atom stereocenters. The van der Waals surface area contributed by atoms with E-state index in [-0.39, 0.29) is 12.4 Å². The molecule has 5 heteroatoms. The molecule has 0 fully saturated rings. The van der Waals surface area contributed by atoms with Crippen molar-refractivity contribution in [2.45, 2.75) is 32.9 Å². The summed E-state index contributed by atoms with van der Waals surface area (Å²) in [5, 5.41) is 6.10. The minimum Gasteiger partial charge on any atom is -0.398 e. The molecular formula is C19H23ClN4. The van der Waals surface area contributed by atoms with Gasteiger partial charge in [0, 0.05) is 29.9 Å². The van der Waals surface area contributed by atoms with Gasteiger partial charge >= 0.3 is 0 Å². The zero-order valence-corrected chi connectivity index (χ0v) is 14.7. The predicted molar refractivity (Wildman–Crippen MR) is 103 cm³/mol. The smallest absolute Gasteiger partial charge is 0.0896 e. The molecule has 126 valence electrons. The second kappa shape index (κ2) is 6.73. The van der Waals surface area contributed by atoms with Gasteiger partial charge in [-0.15, -0.1) is 12.4 Å². The fourth-order valence-electron chi connectivity index (χ4n) is 3.63. The number of para-hydroxylation sites is 1. The van der Waals surface area contributed by atoms with E-state index in [9.17, 15) is 0 Å². The van der Waals surface area contributed by atoms with Gasteiger partial charge in [-0.1, -0.05) is 24.3 Å². The average molecular weight is 343 g/mol. The number of hydrogen-bond donors (Lipinski definition) is 1. The van der Waals surface area contributed by atoms with Crippen molar-refractivity contribution in [3.8, 4) is 0 Å². The van der Waals surface area contributed by atoms with E-state index in [1.54, 1.807) is 0 Å². The molecule has 0 bridgehead atoms. The predicted octanol–water partition coefficient (Wildman–Crippen LogP) is 4.01. The maximum Gasteiger partial charge on any atom is 0.0896 e. The Morgan fingerprint density at radius 2 is 1.96 bits per heavy atom. The second-order valence-corrected chi connectivity index (χ2v) is 6.15. The number of aromatic nitrogens is 2. The first-order valence-electron chi connectivity index (χ1n) is 8.34. The minimum absolute atomic E-state index is 0. The number of nitrogens with two attached hydrogens (primary N) is 1. The van der Waals surface area contributed by atoms with Crippen molar-refractivity contribution in [1.82, 2.24) is 9.78 Å². The number of nitrogen functional groups attached to an aromatic ring is 1. The summed E-state index contributed by atoms with van der Waals surface area (Å²) in [7, 11) is 0. The molecule has 4 nitrogen and oxygen atoms in total. The molecule has 3 aromatic rings. The van der Waals surface area contributed by atoms with Crippen molar-refractivity contribution >= 4 is 34.7 Å². The van der Waals surface area contributed by atoms with Crippen LogP contribution in [0.5, 0.6) is 0 Å². The fourth-order valence-corrected chi connectivity index (χ4v) is 3.63. The van der Waals surface area contributed by atoms with Crippen LogP contribution in [0.2, 0.25) is 0 Å². The summed E-state index contributed by atoms with van der Waals surface area (Å²) in [5.74, 6) is 0. The van der Waals surface area contributed by atoms with Gasteiger partial charge in [-0.25, -0.2) is 0 Å². The molecular weight excluding hydrogens is 320 g/mol. The van der Waals surface area contributed by atoms with Gasteiger partial charge < -0.3 is 10.6 Å². The van der Waals surface area contributed by atoms with Crippen LogP contribution in [0.4, 0.5) is 11.4 Å². The topological polar surface area (TPSA) is 47.1 Å². The normalized spacial score (nSPS) is 13.6. The Bertz CT molecular complexity index is 856. The van der Waals surface area contributed by atoms with Gasteiger partial charge in [0.15, 0.2) is 0 Å². The highest BCUT2D eigenvalue weighted by Gasteiger charge is 2.20. The molecule has 0 saturated carbocycles. The van der Waals surface area contributed by atoms with E-state index < -0.39 is 0 Å². The van der Waals surface area contributed by atoms with Crippen molar-refractivity contribution < 1.29 is 0 Å². The Kier molecular flexibility index (Phi) is 4.67. The molecule has 0 saturated heterocycles. The third-order valence-electron chi connectivity index (χ3n) is 4.76. The molecule has 0 aliphatic carbocycles. The fraction of sp³-hybridized carbons (Fsp3) is 0.316. The monoisotopic (exact) mass is 342 g/mol. The molecule has 0 atom stereocenters. The summed E-state index contributed by atoms with van der Waals surface area (Å²) < 4.78 is 2.09. The number of anilines is 2. The lowest BCUT2D eigenvalue weighted by Gasteiger charge is -2.31. The van der Waals surface area contributed by atoms with Gasteiger partial charge in [-0.3, -0.25) is 4.68 Å². The number of rotatable bonds is 3. The number of aryl methyl sites for hydroxylation is 1. The van der Waals surface area contributed by atoms with E-state index in [1.165, 1.54) is 22.2 Å². The number of fused-ring (bicyclic) bond motifs is 2. The van der Waals surface area contributed by atoms with Crippen LogP contribution in [-0.4, -0.2) is 16.3 Å². The quantitative estimate of drug-likeness (QED) is 0.731. The van der Waals surface area contributed by atoms with Gasteiger partial charge in [0.1, 0.15) is 0 Å². The van der Waals surface area contributed by atoms with E-state index in [4.69, 9.17) is 10.8 Å². The maximum absolute atomic E-state index is 6.17. The van der Waals surface area contributed by atoms with Gasteiger partial charge in [0.05, 0.1) is 17.8 Å². The van der Waals surface area contributed by atoms with Gasteiger partial charge in [-0.05, 0) is 43.5 Å². The minimum atomic E-state index is 0. The standard InChI is InChI=1S/C19H22N4.ClH/c1-2-23-19-10-4-3-7-15(19)17(21-23)13-22-12-6-8-14-16(20)9-5-11-18(14)22;/h3-5,7,9-11H,2,6,8,12-13,20H2,1H3;1H. The Morgan fingerprint density at radius 1 is 1.12 bits per heavy atom. The van der Waals surface area contributed by atoms with Gasteiger partial charge in [-0.2, -0.15) is 5.10 Å². The average Bonchev–Trinajstić information content (AvgIpc) is 2.94. The molecule has 0 amide bonds. The SMILES string of the molecule is CCn1nc(CN2CCCc3c(N)cccc32)c2ccccc21.Cl. The lowest BCUT2D eigenvalue weighted by Crippen LogP contribution is -2.29. The molecule has 1 aliphatic rings. The van der Waals surface area contributed by atoms with Gasteiger partial charge in [0.2, 0.25) is 0 Å². The molecule has 2 N–H and O–H groups in total. The summed E-state index contributed by atoms with van der Waals surface area (Å²) >= 11 is 0. The van der Waals surface area contributed by atoms with Crippen LogP contribution in [0.1, 0.15) is 24.6 Å².